The van der Waals surface area contributed by atoms with Gasteiger partial charge < -0.3 is 20.5 Å². The Hall–Kier alpha value is -3.42. The van der Waals surface area contributed by atoms with E-state index in [0.717, 1.165) is 6.07 Å². The van der Waals surface area contributed by atoms with Gasteiger partial charge in [-0.05, 0) is 12.1 Å². The van der Waals surface area contributed by atoms with Crippen LogP contribution in [0.5, 0.6) is 5.75 Å². The summed E-state index contributed by atoms with van der Waals surface area (Å²) < 4.78 is 0. The lowest BCUT2D eigenvalue weighted by Crippen LogP contribution is -2.21. The molecule has 116 valence electrons. The number of carbonyl (C=O) groups is 1. The second-order valence-electron chi connectivity index (χ2n) is 4.81. The molecule has 0 saturated carbocycles. The Morgan fingerprint density at radius 1 is 1.22 bits per heavy atom. The van der Waals surface area contributed by atoms with E-state index in [1.54, 1.807) is 0 Å². The highest BCUT2D eigenvalue weighted by Gasteiger charge is 2.15. The molecule has 3 rings (SSSR count). The molecule has 0 fully saturated rings. The third kappa shape index (κ3) is 2.08. The molecule has 23 heavy (non-hydrogen) atoms. The maximum Gasteiger partial charge on any atom is 0.253 e. The minimum atomic E-state index is -0.586. The first kappa shape index (κ1) is 14.5. The summed E-state index contributed by atoms with van der Waals surface area (Å²) in [5.41, 5.74) is -0.967. The van der Waals surface area contributed by atoms with E-state index < -0.39 is 22.5 Å². The number of hydrogen-bond donors (Lipinski definition) is 4. The zero-order valence-electron chi connectivity index (χ0n) is 11.9. The number of nitrogens with zero attached hydrogens (tertiary/aromatic N) is 1. The van der Waals surface area contributed by atoms with Crippen molar-refractivity contribution in [1.82, 2.24) is 15.3 Å². The number of carbonyl (C=O) groups excluding carboxylic acids is 1. The number of hydrogen-bond acceptors (Lipinski definition) is 6. The number of aromatic nitrogens is 2. The van der Waals surface area contributed by atoms with Gasteiger partial charge in [-0.25, -0.2) is 4.98 Å². The molecular weight excluding hydrogens is 302 g/mol. The second kappa shape index (κ2) is 5.09. The summed E-state index contributed by atoms with van der Waals surface area (Å²) in [5.74, 6) is -0.910. The number of rotatable bonds is 1. The first-order valence-electron chi connectivity index (χ1n) is 6.57. The fourth-order valence-electron chi connectivity index (χ4n) is 2.38. The van der Waals surface area contributed by atoms with Crippen LogP contribution in [0.4, 0.5) is 0 Å². The van der Waals surface area contributed by atoms with Gasteiger partial charge in [0.25, 0.3) is 5.91 Å². The molecule has 0 atom stereocenters. The van der Waals surface area contributed by atoms with Gasteiger partial charge in [-0.1, -0.05) is 0 Å². The normalized spacial score (nSPS) is 12.0. The van der Waals surface area contributed by atoms with Crippen LogP contribution in [-0.2, 0) is 0 Å². The standard InChI is InChI=1S/C15H11N3O5/c1-16-15(23)6-2-3-8(20)13-11(6)17-14-10(22)4-9(21)7(5-19)12(14)18-13/h2-5,17,19,21H,1H3,(H,16,23)/b7-5-. The molecule has 0 spiro atoms. The SMILES string of the molecule is CNC(=O)c1ccc(=O)c2nc3/c(=C\O)c(O)cc(=O)c3[nH]c12. The van der Waals surface area contributed by atoms with E-state index in [2.05, 4.69) is 15.3 Å². The van der Waals surface area contributed by atoms with Crippen LogP contribution in [0.2, 0.25) is 0 Å². The van der Waals surface area contributed by atoms with Crippen molar-refractivity contribution in [3.63, 3.8) is 0 Å². The van der Waals surface area contributed by atoms with E-state index in [-0.39, 0.29) is 32.8 Å². The average Bonchev–Trinajstić information content (AvgIpc) is 2.54. The highest BCUT2D eigenvalue weighted by atomic mass is 16.3. The van der Waals surface area contributed by atoms with E-state index in [1.807, 2.05) is 0 Å². The summed E-state index contributed by atoms with van der Waals surface area (Å²) in [6.45, 7) is 0. The predicted octanol–water partition coefficient (Wildman–Crippen LogP) is -0.483. The van der Waals surface area contributed by atoms with E-state index in [9.17, 15) is 24.6 Å². The predicted molar refractivity (Wildman–Crippen MR) is 83.5 cm³/mol. The number of aliphatic hydroxyl groups is 1. The third-order valence-corrected chi connectivity index (χ3v) is 3.50. The molecule has 0 aliphatic carbocycles. The number of nitrogens with one attached hydrogen (secondary N) is 2. The molecule has 0 aliphatic heterocycles. The lowest BCUT2D eigenvalue weighted by Gasteiger charge is -2.07. The van der Waals surface area contributed by atoms with Crippen molar-refractivity contribution < 1.29 is 15.0 Å². The number of amides is 1. The summed E-state index contributed by atoms with van der Waals surface area (Å²) in [6, 6.07) is 3.43. The Bertz CT molecular complexity index is 1130. The number of phenolic OH excluding ortho intramolecular Hbond substituents is 1. The van der Waals surface area contributed by atoms with Gasteiger partial charge in [0.05, 0.1) is 22.6 Å². The summed E-state index contributed by atoms with van der Waals surface area (Å²) in [7, 11) is 1.43. The molecule has 2 aromatic carbocycles. The summed E-state index contributed by atoms with van der Waals surface area (Å²) in [4.78, 5) is 42.8. The Balaban J connectivity index is 2.63. The molecule has 0 bridgehead atoms. The first-order valence-corrected chi connectivity index (χ1v) is 6.57. The quantitative estimate of drug-likeness (QED) is 0.448. The van der Waals surface area contributed by atoms with Gasteiger partial charge in [0.15, 0.2) is 0 Å². The summed E-state index contributed by atoms with van der Waals surface area (Å²) >= 11 is 0. The molecule has 0 saturated heterocycles. The Kier molecular flexibility index (Phi) is 3.21. The molecule has 1 aromatic heterocycles. The zero-order valence-corrected chi connectivity index (χ0v) is 11.9. The van der Waals surface area contributed by atoms with E-state index in [4.69, 9.17) is 0 Å². The molecule has 0 radical (unpaired) electrons. The summed E-state index contributed by atoms with van der Waals surface area (Å²) in [6.07, 6.45) is 0.594. The Morgan fingerprint density at radius 3 is 2.61 bits per heavy atom. The average molecular weight is 313 g/mol. The van der Waals surface area contributed by atoms with Gasteiger partial charge in [-0.2, -0.15) is 0 Å². The monoisotopic (exact) mass is 313 g/mol. The van der Waals surface area contributed by atoms with E-state index >= 15 is 0 Å². The fraction of sp³-hybridized carbons (Fsp3) is 0.0667. The van der Waals surface area contributed by atoms with Crippen molar-refractivity contribution in [3.8, 4) is 5.75 Å². The van der Waals surface area contributed by atoms with Crippen LogP contribution in [0.15, 0.2) is 27.8 Å². The topological polar surface area (TPSA) is 132 Å². The smallest absolute Gasteiger partial charge is 0.253 e. The summed E-state index contributed by atoms with van der Waals surface area (Å²) in [5, 5.41) is 21.3. The van der Waals surface area contributed by atoms with Crippen LogP contribution in [0, 0.1) is 0 Å². The van der Waals surface area contributed by atoms with Crippen molar-refractivity contribution >= 4 is 34.2 Å². The largest absolute Gasteiger partial charge is 0.515 e. The Labute approximate surface area is 127 Å². The third-order valence-electron chi connectivity index (χ3n) is 3.50. The molecular formula is C15H11N3O5. The maximum atomic E-state index is 12.0. The van der Waals surface area contributed by atoms with Gasteiger partial charge in [-0.3, -0.25) is 14.4 Å². The number of benzene rings is 2. The molecule has 8 nitrogen and oxygen atoms in total. The van der Waals surface area contributed by atoms with Gasteiger partial charge in [-0.15, -0.1) is 0 Å². The molecule has 1 heterocycles. The van der Waals surface area contributed by atoms with Gasteiger partial charge in [0.1, 0.15) is 22.3 Å². The van der Waals surface area contributed by atoms with Crippen LogP contribution >= 0.6 is 0 Å². The second-order valence-corrected chi connectivity index (χ2v) is 4.81. The highest BCUT2D eigenvalue weighted by molar-refractivity contribution is 6.05. The molecule has 0 unspecified atom stereocenters. The van der Waals surface area contributed by atoms with Crippen LogP contribution < -0.4 is 21.4 Å². The highest BCUT2D eigenvalue weighted by Crippen LogP contribution is 2.15. The van der Waals surface area contributed by atoms with E-state index in [1.165, 1.54) is 19.2 Å². The minimum Gasteiger partial charge on any atom is -0.515 e. The maximum absolute atomic E-state index is 12.0. The number of phenols is 1. The van der Waals surface area contributed by atoms with Crippen molar-refractivity contribution in [2.24, 2.45) is 0 Å². The molecule has 3 aromatic rings. The minimum absolute atomic E-state index is 0.0358. The van der Waals surface area contributed by atoms with Crippen LogP contribution in [0.3, 0.4) is 0 Å². The van der Waals surface area contributed by atoms with Crippen molar-refractivity contribution in [1.29, 1.82) is 0 Å². The van der Waals surface area contributed by atoms with Crippen LogP contribution in [0.25, 0.3) is 28.3 Å². The first-order chi connectivity index (χ1) is 11.0. The Morgan fingerprint density at radius 2 is 1.96 bits per heavy atom. The number of fused-ring (bicyclic) bond motifs is 2. The van der Waals surface area contributed by atoms with Gasteiger partial charge >= 0.3 is 0 Å². The molecule has 1 amide bonds. The zero-order chi connectivity index (χ0) is 16.7. The number of aliphatic hydroxyl groups excluding tert-OH is 1. The van der Waals surface area contributed by atoms with Crippen molar-refractivity contribution in [3.05, 3.63) is 49.4 Å². The number of aromatic hydroxyl groups is 1. The van der Waals surface area contributed by atoms with Crippen LogP contribution in [0.1, 0.15) is 10.4 Å². The fourth-order valence-corrected chi connectivity index (χ4v) is 2.38. The lowest BCUT2D eigenvalue weighted by atomic mass is 10.1. The van der Waals surface area contributed by atoms with E-state index in [0.29, 0.717) is 6.26 Å². The molecule has 8 heteroatoms. The number of aromatic amines is 1. The van der Waals surface area contributed by atoms with Gasteiger partial charge in [0, 0.05) is 13.1 Å². The van der Waals surface area contributed by atoms with Crippen molar-refractivity contribution in [2.75, 3.05) is 7.05 Å². The van der Waals surface area contributed by atoms with Crippen molar-refractivity contribution in [2.45, 2.75) is 0 Å². The van der Waals surface area contributed by atoms with Gasteiger partial charge in [0.2, 0.25) is 10.9 Å². The molecule has 4 N–H and O–H groups in total. The lowest BCUT2D eigenvalue weighted by molar-refractivity contribution is 0.0964. The number of H-pyrrole nitrogens is 1. The van der Waals surface area contributed by atoms with Crippen LogP contribution in [-0.4, -0.2) is 33.1 Å². The molecule has 0 aliphatic rings.